The monoisotopic (exact) mass is 222 g/mol. The Morgan fingerprint density at radius 3 is 1.62 bits per heavy atom. The molecule has 13 heavy (non-hydrogen) atoms. The van der Waals surface area contributed by atoms with Gasteiger partial charge in [-0.05, 0) is 31.7 Å². The van der Waals surface area contributed by atoms with Gasteiger partial charge in [-0.15, -0.1) is 0 Å². The first-order valence-electron chi connectivity index (χ1n) is 4.35. The Kier molecular flexibility index (Phi) is 11.2. The van der Waals surface area contributed by atoms with E-state index in [0.717, 1.165) is 15.6 Å². The average molecular weight is 222 g/mol. The second-order valence-corrected chi connectivity index (χ2v) is 3.05. The van der Waals surface area contributed by atoms with Crippen molar-refractivity contribution in [3.05, 3.63) is 11.3 Å². The molecule has 0 N–H and O–H groups in total. The summed E-state index contributed by atoms with van der Waals surface area (Å²) < 4.78 is 15.8. The molecule has 0 saturated heterocycles. The van der Waals surface area contributed by atoms with Gasteiger partial charge in [-0.25, -0.2) is 0 Å². The van der Waals surface area contributed by atoms with Gasteiger partial charge in [-0.3, -0.25) is 0 Å². The zero-order valence-electron chi connectivity index (χ0n) is 8.35. The van der Waals surface area contributed by atoms with Crippen molar-refractivity contribution in [2.75, 3.05) is 19.8 Å². The Balaban J connectivity index is 0. The second kappa shape index (κ2) is 9.66. The molecule has 0 aromatic carbocycles. The van der Waals surface area contributed by atoms with Gasteiger partial charge in [0.2, 0.25) is 0 Å². The lowest BCUT2D eigenvalue weighted by molar-refractivity contribution is 0.0288. The smallest absolute Gasteiger partial charge is 0.312 e. The Morgan fingerprint density at radius 1 is 0.923 bits per heavy atom. The highest BCUT2D eigenvalue weighted by molar-refractivity contribution is 6.20. The molecule has 0 spiro atoms. The molecule has 0 aliphatic carbocycles. The Labute approximate surface area is 87.9 Å². The summed E-state index contributed by atoms with van der Waals surface area (Å²) in [6.07, 6.45) is 0. The van der Waals surface area contributed by atoms with Crippen LogP contribution >= 0.6 is 0 Å². The molecule has 0 heterocycles. The van der Waals surface area contributed by atoms with Gasteiger partial charge in [0.05, 0.1) is 30.1 Å². The van der Waals surface area contributed by atoms with E-state index < -0.39 is 0 Å². The summed E-state index contributed by atoms with van der Waals surface area (Å²) in [4.78, 5) is 0. The van der Waals surface area contributed by atoms with Gasteiger partial charge in [0, 0.05) is 0 Å². The molecule has 5 heteroatoms. The molecule has 80 valence electrons. The van der Waals surface area contributed by atoms with E-state index in [0.29, 0.717) is 25.8 Å². The zero-order chi connectivity index (χ0) is 9.40. The summed E-state index contributed by atoms with van der Waals surface area (Å²) in [5, 5.41) is 0.848. The van der Waals surface area contributed by atoms with E-state index in [2.05, 4.69) is 0 Å². The molecule has 0 fully saturated rings. The summed E-state index contributed by atoms with van der Waals surface area (Å²) in [5.41, 5.74) is 0. The van der Waals surface area contributed by atoms with Gasteiger partial charge in [0.25, 0.3) is 0 Å². The van der Waals surface area contributed by atoms with Crippen LogP contribution in [-0.4, -0.2) is 41.0 Å². The van der Waals surface area contributed by atoms with Crippen LogP contribution in [0.5, 0.6) is 0 Å². The fraction of sp³-hybridized carbons (Fsp3) is 0.750. The first kappa shape index (κ1) is 15.1. The van der Waals surface area contributed by atoms with Crippen molar-refractivity contribution >= 4 is 21.2 Å². The normalized spacial score (nSPS) is 8.54. The summed E-state index contributed by atoms with van der Waals surface area (Å²) >= 11 is 0. The van der Waals surface area contributed by atoms with Gasteiger partial charge in [-0.1, -0.05) is 0 Å². The van der Waals surface area contributed by atoms with Crippen molar-refractivity contribution in [2.24, 2.45) is 0 Å². The highest BCUT2D eigenvalue weighted by Crippen LogP contribution is 2.06. The van der Waals surface area contributed by atoms with Crippen LogP contribution in [0.1, 0.15) is 20.8 Å². The molecule has 0 aliphatic heterocycles. The van der Waals surface area contributed by atoms with E-state index >= 15 is 0 Å². The first-order chi connectivity index (χ1) is 5.76. The molecule has 0 radical (unpaired) electrons. The van der Waals surface area contributed by atoms with Crippen molar-refractivity contribution in [1.82, 2.24) is 0 Å². The van der Waals surface area contributed by atoms with Crippen LogP contribution in [0.15, 0.2) is 11.3 Å². The maximum atomic E-state index is 5.30. The third-order valence-electron chi connectivity index (χ3n) is 1.20. The minimum atomic E-state index is 0. The Bertz CT molecular complexity index is 140. The lowest BCUT2D eigenvalue weighted by Crippen LogP contribution is -2.05. The molecule has 3 nitrogen and oxygen atoms in total. The molecule has 0 bridgehead atoms. The molecule has 0 aliphatic rings. The third-order valence-corrected chi connectivity index (χ3v) is 1.90. The van der Waals surface area contributed by atoms with Crippen LogP contribution in [0, 0.1) is 0 Å². The van der Waals surface area contributed by atoms with Crippen LogP contribution in [0.3, 0.4) is 0 Å². The van der Waals surface area contributed by atoms with E-state index in [4.69, 9.17) is 14.2 Å². The maximum Gasteiger partial charge on any atom is 0.312 e. The highest BCUT2D eigenvalue weighted by atomic mass is 28.1. The summed E-state index contributed by atoms with van der Waals surface area (Å²) in [7, 11) is 0.818. The van der Waals surface area contributed by atoms with Gasteiger partial charge in [0.1, 0.15) is 5.38 Å². The largest absolute Gasteiger partial charge is 0.497 e. The average Bonchev–Trinajstić information content (AvgIpc) is 2.04. The predicted molar refractivity (Wildman–Crippen MR) is 63.2 cm³/mol. The lowest BCUT2D eigenvalue weighted by Gasteiger charge is -2.12. The van der Waals surface area contributed by atoms with Crippen molar-refractivity contribution < 1.29 is 14.2 Å². The van der Waals surface area contributed by atoms with Gasteiger partial charge in [0.15, 0.2) is 0 Å². The molecule has 0 saturated carbocycles. The van der Waals surface area contributed by atoms with Gasteiger partial charge in [-0.2, -0.15) is 0 Å². The van der Waals surface area contributed by atoms with Crippen molar-refractivity contribution in [2.45, 2.75) is 20.8 Å². The molecule has 0 unspecified atom stereocenters. The number of hydrogen-bond donors (Lipinski definition) is 0. The van der Waals surface area contributed by atoms with E-state index in [9.17, 15) is 0 Å². The molecule has 0 atom stereocenters. The number of hydrogen-bond acceptors (Lipinski definition) is 3. The van der Waals surface area contributed by atoms with Crippen LogP contribution in [0.2, 0.25) is 0 Å². The van der Waals surface area contributed by atoms with Crippen molar-refractivity contribution in [1.29, 1.82) is 0 Å². The van der Waals surface area contributed by atoms with Crippen LogP contribution in [0.25, 0.3) is 0 Å². The van der Waals surface area contributed by atoms with Crippen LogP contribution < -0.4 is 0 Å². The molecule has 0 rings (SSSR count). The van der Waals surface area contributed by atoms with Crippen molar-refractivity contribution in [3.8, 4) is 0 Å². The summed E-state index contributed by atoms with van der Waals surface area (Å²) in [5.74, 6) is 0.563. The maximum absolute atomic E-state index is 5.30. The molecule has 0 amide bonds. The van der Waals surface area contributed by atoms with Gasteiger partial charge < -0.3 is 14.2 Å². The SMILES string of the molecule is CCOC([SiH3])=C(OCC)OCC.[SiH4]. The Hall–Kier alpha value is -0.426. The van der Waals surface area contributed by atoms with Crippen molar-refractivity contribution in [3.63, 3.8) is 0 Å². The van der Waals surface area contributed by atoms with Crippen LogP contribution in [0.4, 0.5) is 0 Å². The Morgan fingerprint density at radius 2 is 1.31 bits per heavy atom. The quantitative estimate of drug-likeness (QED) is 0.432. The first-order valence-corrected chi connectivity index (χ1v) is 5.35. The van der Waals surface area contributed by atoms with E-state index in [1.807, 2.05) is 20.8 Å². The zero-order valence-corrected chi connectivity index (χ0v) is 10.3. The summed E-state index contributed by atoms with van der Waals surface area (Å²) in [6, 6.07) is 0. The number of ether oxygens (including phenoxy) is 3. The fourth-order valence-electron chi connectivity index (χ4n) is 0.783. The summed E-state index contributed by atoms with van der Waals surface area (Å²) in [6.45, 7) is 7.72. The molecule has 0 aromatic heterocycles. The second-order valence-electron chi connectivity index (χ2n) is 2.14. The fourth-order valence-corrected chi connectivity index (χ4v) is 1.36. The highest BCUT2D eigenvalue weighted by Gasteiger charge is 2.03. The lowest BCUT2D eigenvalue weighted by atomic mass is 10.8. The third kappa shape index (κ3) is 6.71. The minimum absolute atomic E-state index is 0. The molecule has 0 aromatic rings. The predicted octanol–water partition coefficient (Wildman–Crippen LogP) is -0.864. The topological polar surface area (TPSA) is 27.7 Å². The molecular weight excluding hydrogens is 200 g/mol. The standard InChI is InChI=1S/C8H18O3Si.H4Si/c1-4-9-7(10-5-2)8(12)11-6-3;/h4-6H2,1-3,12H3;1H4. The van der Waals surface area contributed by atoms with E-state index in [1.165, 1.54) is 0 Å². The molecular formula is C8H22O3Si2. The van der Waals surface area contributed by atoms with E-state index in [1.54, 1.807) is 0 Å². The number of rotatable bonds is 6. The van der Waals surface area contributed by atoms with Gasteiger partial charge >= 0.3 is 5.95 Å². The van der Waals surface area contributed by atoms with Crippen LogP contribution in [-0.2, 0) is 14.2 Å². The minimum Gasteiger partial charge on any atom is -0.497 e. The van der Waals surface area contributed by atoms with E-state index in [-0.39, 0.29) is 11.0 Å².